The summed E-state index contributed by atoms with van der Waals surface area (Å²) < 4.78 is 0. The van der Waals surface area contributed by atoms with Gasteiger partial charge in [-0.2, -0.15) is 5.10 Å². The number of carbonyl (C=O) groups is 2. The highest BCUT2D eigenvalue weighted by Gasteiger charge is 2.11. The fourth-order valence-electron chi connectivity index (χ4n) is 0.559. The normalized spacial score (nSPS) is 10.7. The average molecular weight is 219 g/mol. The van der Waals surface area contributed by atoms with Crippen molar-refractivity contribution in [3.63, 3.8) is 0 Å². The molecule has 78 valence electrons. The second-order valence-electron chi connectivity index (χ2n) is 2.23. The SMILES string of the molecule is NC(=S)N/N=C(\CCC(=O)O)C(=O)O. The molecule has 0 saturated heterocycles. The second-order valence-corrected chi connectivity index (χ2v) is 2.67. The van der Waals surface area contributed by atoms with Gasteiger partial charge in [0.05, 0.1) is 6.42 Å². The third-order valence-corrected chi connectivity index (χ3v) is 1.21. The Hall–Kier alpha value is -1.70. The smallest absolute Gasteiger partial charge is 0.352 e. The van der Waals surface area contributed by atoms with Crippen LogP contribution in [0.25, 0.3) is 0 Å². The van der Waals surface area contributed by atoms with Gasteiger partial charge in [-0.25, -0.2) is 4.79 Å². The lowest BCUT2D eigenvalue weighted by Gasteiger charge is -1.99. The number of hydrogen-bond donors (Lipinski definition) is 4. The van der Waals surface area contributed by atoms with Crippen LogP contribution in [0.4, 0.5) is 0 Å². The molecular formula is C6H9N3O4S. The molecule has 0 saturated carbocycles. The average Bonchev–Trinajstić information content (AvgIpc) is 2.02. The van der Waals surface area contributed by atoms with Gasteiger partial charge in [0, 0.05) is 6.42 Å². The Bertz CT molecular complexity index is 289. The molecule has 0 bridgehead atoms. The predicted octanol–water partition coefficient (Wildman–Crippen LogP) is -0.875. The molecule has 5 N–H and O–H groups in total. The van der Waals surface area contributed by atoms with Crippen LogP contribution in [-0.2, 0) is 9.59 Å². The largest absolute Gasteiger partial charge is 0.481 e. The summed E-state index contributed by atoms with van der Waals surface area (Å²) in [6, 6.07) is 0. The summed E-state index contributed by atoms with van der Waals surface area (Å²) in [6.07, 6.45) is -0.509. The zero-order chi connectivity index (χ0) is 11.1. The van der Waals surface area contributed by atoms with Crippen molar-refractivity contribution in [1.29, 1.82) is 0 Å². The van der Waals surface area contributed by atoms with Crippen molar-refractivity contribution in [2.45, 2.75) is 12.8 Å². The molecule has 0 fully saturated rings. The van der Waals surface area contributed by atoms with Crippen LogP contribution in [0.3, 0.4) is 0 Å². The van der Waals surface area contributed by atoms with E-state index in [1.54, 1.807) is 0 Å². The van der Waals surface area contributed by atoms with Crippen LogP contribution in [0.5, 0.6) is 0 Å². The molecule has 0 amide bonds. The van der Waals surface area contributed by atoms with E-state index < -0.39 is 11.9 Å². The maximum Gasteiger partial charge on any atom is 0.352 e. The van der Waals surface area contributed by atoms with Crippen molar-refractivity contribution >= 4 is 35.0 Å². The molecular weight excluding hydrogens is 210 g/mol. The zero-order valence-electron chi connectivity index (χ0n) is 7.06. The predicted molar refractivity (Wildman–Crippen MR) is 51.9 cm³/mol. The van der Waals surface area contributed by atoms with E-state index >= 15 is 0 Å². The molecule has 14 heavy (non-hydrogen) atoms. The van der Waals surface area contributed by atoms with E-state index in [0.717, 1.165) is 0 Å². The standard InChI is InChI=1S/C6H9N3O4S/c7-6(14)9-8-3(5(12)13)1-2-4(10)11/h1-2H2,(H,10,11)(H,12,13)(H3,7,9,14)/b8-3+. The first-order chi connectivity index (χ1) is 6.43. The molecule has 0 spiro atoms. The molecule has 0 heterocycles. The Labute approximate surface area is 84.6 Å². The maximum absolute atomic E-state index is 10.5. The summed E-state index contributed by atoms with van der Waals surface area (Å²) in [7, 11) is 0. The Morgan fingerprint density at radius 2 is 1.93 bits per heavy atom. The summed E-state index contributed by atoms with van der Waals surface area (Å²) in [5.74, 6) is -2.41. The van der Waals surface area contributed by atoms with Gasteiger partial charge in [0.2, 0.25) is 0 Å². The first-order valence-corrected chi connectivity index (χ1v) is 3.91. The molecule has 0 radical (unpaired) electrons. The van der Waals surface area contributed by atoms with E-state index in [-0.39, 0.29) is 23.7 Å². The van der Waals surface area contributed by atoms with Gasteiger partial charge < -0.3 is 15.9 Å². The van der Waals surface area contributed by atoms with Gasteiger partial charge in [-0.05, 0) is 12.2 Å². The Morgan fingerprint density at radius 1 is 1.36 bits per heavy atom. The van der Waals surface area contributed by atoms with Crippen molar-refractivity contribution < 1.29 is 19.8 Å². The van der Waals surface area contributed by atoms with E-state index in [1.165, 1.54) is 0 Å². The van der Waals surface area contributed by atoms with Gasteiger partial charge in [0.25, 0.3) is 0 Å². The van der Waals surface area contributed by atoms with Crippen molar-refractivity contribution in [2.75, 3.05) is 0 Å². The number of carboxylic acid groups (broad SMARTS) is 2. The van der Waals surface area contributed by atoms with Crippen LogP contribution in [0.15, 0.2) is 5.10 Å². The number of nitrogens with zero attached hydrogens (tertiary/aromatic N) is 1. The fourth-order valence-corrected chi connectivity index (χ4v) is 0.604. The highest BCUT2D eigenvalue weighted by molar-refractivity contribution is 7.80. The maximum atomic E-state index is 10.5. The molecule has 0 atom stereocenters. The first-order valence-electron chi connectivity index (χ1n) is 3.50. The fraction of sp³-hybridized carbons (Fsp3) is 0.333. The molecule has 8 heteroatoms. The number of rotatable bonds is 5. The van der Waals surface area contributed by atoms with Crippen molar-refractivity contribution in [2.24, 2.45) is 10.8 Å². The molecule has 0 aromatic rings. The molecule has 0 unspecified atom stereocenters. The summed E-state index contributed by atoms with van der Waals surface area (Å²) >= 11 is 4.39. The van der Waals surface area contributed by atoms with Gasteiger partial charge in [-0.15, -0.1) is 0 Å². The molecule has 0 aliphatic heterocycles. The highest BCUT2D eigenvalue weighted by Crippen LogP contribution is 1.93. The minimum absolute atomic E-state index is 0.181. The monoisotopic (exact) mass is 219 g/mol. The molecule has 0 aliphatic carbocycles. The quantitative estimate of drug-likeness (QED) is 0.269. The summed E-state index contributed by atoms with van der Waals surface area (Å²) in [5, 5.41) is 20.0. The lowest BCUT2D eigenvalue weighted by molar-refractivity contribution is -0.136. The van der Waals surface area contributed by atoms with Gasteiger partial charge in [-0.1, -0.05) is 0 Å². The van der Waals surface area contributed by atoms with Crippen LogP contribution in [0, 0.1) is 0 Å². The zero-order valence-corrected chi connectivity index (χ0v) is 7.87. The minimum Gasteiger partial charge on any atom is -0.481 e. The highest BCUT2D eigenvalue weighted by atomic mass is 32.1. The van der Waals surface area contributed by atoms with Crippen LogP contribution in [0.2, 0.25) is 0 Å². The number of aliphatic carboxylic acids is 2. The van der Waals surface area contributed by atoms with Crippen LogP contribution in [0.1, 0.15) is 12.8 Å². The van der Waals surface area contributed by atoms with E-state index in [2.05, 4.69) is 22.7 Å². The Kier molecular flexibility index (Phi) is 5.15. The van der Waals surface area contributed by atoms with Crippen molar-refractivity contribution in [3.8, 4) is 0 Å². The molecule has 0 aromatic carbocycles. The third kappa shape index (κ3) is 5.89. The number of hydrogen-bond acceptors (Lipinski definition) is 4. The number of nitrogens with one attached hydrogen (secondary N) is 1. The number of hydrazone groups is 1. The number of nitrogens with two attached hydrogens (primary N) is 1. The minimum atomic E-state index is -1.31. The van der Waals surface area contributed by atoms with Gasteiger partial charge in [-0.3, -0.25) is 10.2 Å². The second kappa shape index (κ2) is 5.86. The van der Waals surface area contributed by atoms with E-state index in [1.807, 2.05) is 0 Å². The number of thiocarbonyl (C=S) groups is 1. The molecule has 0 aromatic heterocycles. The first kappa shape index (κ1) is 12.3. The van der Waals surface area contributed by atoms with Crippen LogP contribution in [-0.4, -0.2) is 33.0 Å². The van der Waals surface area contributed by atoms with Gasteiger partial charge in [0.15, 0.2) is 5.11 Å². The Balaban J connectivity index is 4.29. The van der Waals surface area contributed by atoms with Crippen LogP contribution >= 0.6 is 12.2 Å². The topological polar surface area (TPSA) is 125 Å². The lowest BCUT2D eigenvalue weighted by atomic mass is 10.2. The van der Waals surface area contributed by atoms with E-state index in [4.69, 9.17) is 15.9 Å². The third-order valence-electron chi connectivity index (χ3n) is 1.12. The van der Waals surface area contributed by atoms with E-state index in [0.29, 0.717) is 0 Å². The number of carboxylic acids is 2. The summed E-state index contributed by atoms with van der Waals surface area (Å²) in [6.45, 7) is 0. The Morgan fingerprint density at radius 3 is 2.29 bits per heavy atom. The summed E-state index contributed by atoms with van der Waals surface area (Å²) in [4.78, 5) is 20.6. The van der Waals surface area contributed by atoms with Crippen LogP contribution < -0.4 is 11.2 Å². The van der Waals surface area contributed by atoms with E-state index in [9.17, 15) is 9.59 Å². The van der Waals surface area contributed by atoms with Crippen molar-refractivity contribution in [3.05, 3.63) is 0 Å². The molecule has 0 rings (SSSR count). The molecule has 7 nitrogen and oxygen atoms in total. The van der Waals surface area contributed by atoms with Crippen molar-refractivity contribution in [1.82, 2.24) is 5.43 Å². The van der Waals surface area contributed by atoms with Gasteiger partial charge >= 0.3 is 11.9 Å². The summed E-state index contributed by atoms with van der Waals surface area (Å²) in [5.41, 5.74) is 6.74. The molecule has 0 aliphatic rings. The van der Waals surface area contributed by atoms with Gasteiger partial charge in [0.1, 0.15) is 5.71 Å². The lowest BCUT2D eigenvalue weighted by Crippen LogP contribution is -2.27.